The molecule has 0 bridgehead atoms. The fourth-order valence-corrected chi connectivity index (χ4v) is 2.21. The smallest absolute Gasteiger partial charge is 0.320 e. The molecule has 0 radical (unpaired) electrons. The highest BCUT2D eigenvalue weighted by molar-refractivity contribution is 6.32. The average Bonchev–Trinajstić information content (AvgIpc) is 2.57. The van der Waals surface area contributed by atoms with Gasteiger partial charge in [0.05, 0.1) is 24.9 Å². The lowest BCUT2D eigenvalue weighted by Crippen LogP contribution is -2.34. The molecule has 0 aliphatic rings. The minimum Gasteiger partial charge on any atom is -0.495 e. The second kappa shape index (κ2) is 8.39. The largest absolute Gasteiger partial charge is 0.495 e. The molecule has 25 heavy (non-hydrogen) atoms. The maximum Gasteiger partial charge on any atom is 0.320 e. The van der Waals surface area contributed by atoms with Gasteiger partial charge in [-0.05, 0) is 26.0 Å². The first-order valence-corrected chi connectivity index (χ1v) is 7.90. The van der Waals surface area contributed by atoms with Crippen molar-refractivity contribution in [2.75, 3.05) is 24.9 Å². The minimum atomic E-state index is -0.339. The van der Waals surface area contributed by atoms with E-state index < -0.39 is 0 Å². The number of urea groups is 1. The number of hydrogen-bond acceptors (Lipinski definition) is 6. The van der Waals surface area contributed by atoms with Crippen LogP contribution in [0.3, 0.4) is 0 Å². The van der Waals surface area contributed by atoms with Crippen LogP contribution in [-0.2, 0) is 0 Å². The van der Waals surface area contributed by atoms with Crippen LogP contribution in [0, 0.1) is 0 Å². The average molecular weight is 366 g/mol. The summed E-state index contributed by atoms with van der Waals surface area (Å²) in [5, 5.41) is 16.8. The van der Waals surface area contributed by atoms with Gasteiger partial charge in [0.25, 0.3) is 0 Å². The summed E-state index contributed by atoms with van der Waals surface area (Å²) in [5.74, 6) is 1.84. The van der Waals surface area contributed by atoms with E-state index in [1.807, 2.05) is 13.8 Å². The SMILES string of the molecule is COc1cc(Nc2ccc(NC(=O)NC(C)C)nn2)c(OC)cc1Cl. The molecule has 0 atom stereocenters. The summed E-state index contributed by atoms with van der Waals surface area (Å²) < 4.78 is 10.5. The lowest BCUT2D eigenvalue weighted by molar-refractivity contribution is 0.250. The normalized spacial score (nSPS) is 10.3. The second-order valence-corrected chi connectivity index (χ2v) is 5.78. The van der Waals surface area contributed by atoms with Gasteiger partial charge in [0.15, 0.2) is 11.6 Å². The van der Waals surface area contributed by atoms with Gasteiger partial charge < -0.3 is 20.1 Å². The van der Waals surface area contributed by atoms with Gasteiger partial charge in [-0.15, -0.1) is 10.2 Å². The number of ether oxygens (including phenoxy) is 2. The Morgan fingerprint density at radius 1 is 1.08 bits per heavy atom. The standard InChI is InChI=1S/C16H20ClN5O3/c1-9(2)18-16(23)20-15-6-5-14(21-22-15)19-11-8-12(24-3)10(17)7-13(11)25-4/h5-9H,1-4H3,(H,19,21)(H2,18,20,22,23). The molecule has 0 aliphatic heterocycles. The molecule has 134 valence electrons. The van der Waals surface area contributed by atoms with E-state index in [1.54, 1.807) is 24.3 Å². The van der Waals surface area contributed by atoms with E-state index in [-0.39, 0.29) is 12.1 Å². The molecular formula is C16H20ClN5O3. The molecule has 0 fully saturated rings. The summed E-state index contributed by atoms with van der Waals surface area (Å²) in [4.78, 5) is 11.6. The third kappa shape index (κ3) is 5.12. The van der Waals surface area contributed by atoms with E-state index in [2.05, 4.69) is 26.1 Å². The Bertz CT molecular complexity index is 737. The first kappa shape index (κ1) is 18.6. The summed E-state index contributed by atoms with van der Waals surface area (Å²) >= 11 is 6.08. The van der Waals surface area contributed by atoms with Crippen molar-refractivity contribution in [1.82, 2.24) is 15.5 Å². The number of methoxy groups -OCH3 is 2. The lowest BCUT2D eigenvalue weighted by Gasteiger charge is -2.13. The van der Waals surface area contributed by atoms with E-state index in [1.165, 1.54) is 14.2 Å². The summed E-state index contributed by atoms with van der Waals surface area (Å²) in [6, 6.07) is 6.34. The van der Waals surface area contributed by atoms with Gasteiger partial charge in [0, 0.05) is 18.2 Å². The van der Waals surface area contributed by atoms with Crippen molar-refractivity contribution in [3.8, 4) is 11.5 Å². The van der Waals surface area contributed by atoms with Gasteiger partial charge in [-0.25, -0.2) is 4.79 Å². The van der Waals surface area contributed by atoms with E-state index in [9.17, 15) is 4.79 Å². The molecule has 1 heterocycles. The number of rotatable bonds is 6. The number of nitrogens with zero attached hydrogens (tertiary/aromatic N) is 2. The maximum absolute atomic E-state index is 11.6. The number of carbonyl (C=O) groups is 1. The van der Waals surface area contributed by atoms with Crippen LogP contribution in [0.2, 0.25) is 5.02 Å². The molecule has 0 aliphatic carbocycles. The minimum absolute atomic E-state index is 0.0289. The Balaban J connectivity index is 2.12. The lowest BCUT2D eigenvalue weighted by atomic mass is 10.2. The van der Waals surface area contributed by atoms with Crippen LogP contribution in [0.15, 0.2) is 24.3 Å². The number of benzene rings is 1. The molecule has 3 N–H and O–H groups in total. The van der Waals surface area contributed by atoms with Crippen molar-refractivity contribution in [3.63, 3.8) is 0 Å². The Morgan fingerprint density at radius 3 is 2.28 bits per heavy atom. The summed E-state index contributed by atoms with van der Waals surface area (Å²) in [7, 11) is 3.06. The number of aromatic nitrogens is 2. The van der Waals surface area contributed by atoms with Gasteiger partial charge in [-0.1, -0.05) is 11.6 Å². The highest BCUT2D eigenvalue weighted by Crippen LogP contribution is 2.36. The summed E-state index contributed by atoms with van der Waals surface area (Å²) in [6.45, 7) is 3.73. The fraction of sp³-hybridized carbons (Fsp3) is 0.312. The molecule has 2 aromatic rings. The number of anilines is 3. The fourth-order valence-electron chi connectivity index (χ4n) is 1.98. The maximum atomic E-state index is 11.6. The molecule has 8 nitrogen and oxygen atoms in total. The van der Waals surface area contributed by atoms with Crippen LogP contribution in [0.5, 0.6) is 11.5 Å². The highest BCUT2D eigenvalue weighted by Gasteiger charge is 2.11. The monoisotopic (exact) mass is 365 g/mol. The molecule has 0 saturated carbocycles. The highest BCUT2D eigenvalue weighted by atomic mass is 35.5. The number of carbonyl (C=O) groups excluding carboxylic acids is 1. The number of hydrogen-bond donors (Lipinski definition) is 3. The Kier molecular flexibility index (Phi) is 6.24. The molecule has 2 amide bonds. The molecule has 0 unspecified atom stereocenters. The van der Waals surface area contributed by atoms with Crippen molar-refractivity contribution in [1.29, 1.82) is 0 Å². The van der Waals surface area contributed by atoms with E-state index in [0.29, 0.717) is 33.8 Å². The van der Waals surface area contributed by atoms with Gasteiger partial charge >= 0.3 is 6.03 Å². The van der Waals surface area contributed by atoms with Gasteiger partial charge in [0.1, 0.15) is 11.5 Å². The van der Waals surface area contributed by atoms with Crippen molar-refractivity contribution in [2.24, 2.45) is 0 Å². The Labute approximate surface area is 150 Å². The molecule has 0 spiro atoms. The van der Waals surface area contributed by atoms with Crippen LogP contribution < -0.4 is 25.4 Å². The van der Waals surface area contributed by atoms with Gasteiger partial charge in [0.2, 0.25) is 0 Å². The zero-order valence-corrected chi connectivity index (χ0v) is 15.1. The third-order valence-electron chi connectivity index (χ3n) is 3.06. The van der Waals surface area contributed by atoms with Crippen LogP contribution in [0.4, 0.5) is 22.1 Å². The topological polar surface area (TPSA) is 97.4 Å². The second-order valence-electron chi connectivity index (χ2n) is 5.37. The van der Waals surface area contributed by atoms with Crippen LogP contribution in [0.25, 0.3) is 0 Å². The molecule has 2 rings (SSSR count). The predicted octanol–water partition coefficient (Wildman–Crippen LogP) is 3.42. The quantitative estimate of drug-likeness (QED) is 0.725. The Hall–Kier alpha value is -2.74. The van der Waals surface area contributed by atoms with Crippen molar-refractivity contribution in [3.05, 3.63) is 29.3 Å². The van der Waals surface area contributed by atoms with E-state index in [4.69, 9.17) is 21.1 Å². The summed E-state index contributed by atoms with van der Waals surface area (Å²) in [6.07, 6.45) is 0. The Morgan fingerprint density at radius 2 is 1.72 bits per heavy atom. The molecular weight excluding hydrogens is 346 g/mol. The first-order chi connectivity index (χ1) is 11.9. The molecule has 1 aromatic heterocycles. The number of nitrogens with one attached hydrogen (secondary N) is 3. The molecule has 1 aromatic carbocycles. The van der Waals surface area contributed by atoms with Crippen LogP contribution >= 0.6 is 11.6 Å². The molecule has 9 heteroatoms. The predicted molar refractivity (Wildman–Crippen MR) is 97.2 cm³/mol. The van der Waals surface area contributed by atoms with E-state index >= 15 is 0 Å². The number of halogens is 1. The van der Waals surface area contributed by atoms with Gasteiger partial charge in [-0.2, -0.15) is 0 Å². The molecule has 0 saturated heterocycles. The van der Waals surface area contributed by atoms with Crippen LogP contribution in [0.1, 0.15) is 13.8 Å². The van der Waals surface area contributed by atoms with Gasteiger partial charge in [-0.3, -0.25) is 5.32 Å². The van der Waals surface area contributed by atoms with Crippen molar-refractivity contribution < 1.29 is 14.3 Å². The number of amides is 2. The van der Waals surface area contributed by atoms with Crippen molar-refractivity contribution in [2.45, 2.75) is 19.9 Å². The zero-order chi connectivity index (χ0) is 18.4. The van der Waals surface area contributed by atoms with Crippen LogP contribution in [-0.4, -0.2) is 36.5 Å². The van der Waals surface area contributed by atoms with Crippen molar-refractivity contribution >= 4 is 35.0 Å². The first-order valence-electron chi connectivity index (χ1n) is 7.52. The third-order valence-corrected chi connectivity index (χ3v) is 3.36. The van der Waals surface area contributed by atoms with E-state index in [0.717, 1.165) is 0 Å². The zero-order valence-electron chi connectivity index (χ0n) is 14.4. The summed E-state index contributed by atoms with van der Waals surface area (Å²) in [5.41, 5.74) is 0.622.